The zero-order chi connectivity index (χ0) is 20.1. The van der Waals surface area contributed by atoms with Gasteiger partial charge in [0.05, 0.1) is 16.6 Å². The van der Waals surface area contributed by atoms with E-state index in [-0.39, 0.29) is 18.4 Å². The molecule has 6 nitrogen and oxygen atoms in total. The van der Waals surface area contributed by atoms with E-state index in [2.05, 4.69) is 20.5 Å². The van der Waals surface area contributed by atoms with E-state index in [0.29, 0.717) is 11.3 Å². The van der Waals surface area contributed by atoms with Crippen LogP contribution < -0.4 is 5.32 Å². The molecule has 3 aromatic heterocycles. The van der Waals surface area contributed by atoms with Gasteiger partial charge in [-0.1, -0.05) is 42.5 Å². The Bertz CT molecular complexity index is 1080. The summed E-state index contributed by atoms with van der Waals surface area (Å²) < 4.78 is 2.37. The van der Waals surface area contributed by atoms with Gasteiger partial charge in [-0.05, 0) is 41.4 Å². The van der Waals surface area contributed by atoms with E-state index >= 15 is 0 Å². The Kier molecular flexibility index (Phi) is 5.92. The smallest absolute Gasteiger partial charge is 0.222 e. The average molecular weight is 422 g/mol. The Labute approximate surface area is 177 Å². The molecule has 0 radical (unpaired) electrons. The second-order valence-electron chi connectivity index (χ2n) is 6.40. The number of H-pyrrole nitrogens is 1. The maximum atomic E-state index is 12.8. The molecule has 146 valence electrons. The highest BCUT2D eigenvalue weighted by molar-refractivity contribution is 7.71. The standard InChI is InChI=1S/C21H19N5OS2/c27-18(11-13-26-20(24-25-21(26)28)17-10-6-14-29-17)23-19(15-7-2-1-3-8-15)16-9-4-5-12-22-16/h1-10,12,14,19H,11,13H2,(H,23,27)(H,25,28). The van der Waals surface area contributed by atoms with Crippen LogP contribution in [-0.4, -0.2) is 25.7 Å². The molecule has 1 atom stereocenters. The number of carbonyl (C=O) groups is 1. The number of nitrogens with one attached hydrogen (secondary N) is 2. The molecule has 4 aromatic rings. The number of benzene rings is 1. The maximum absolute atomic E-state index is 12.8. The first-order valence-corrected chi connectivity index (χ1v) is 10.5. The Morgan fingerprint density at radius 2 is 1.97 bits per heavy atom. The number of aromatic nitrogens is 4. The van der Waals surface area contributed by atoms with Crippen molar-refractivity contribution in [3.8, 4) is 10.7 Å². The molecular formula is C21H19N5OS2. The molecule has 1 aromatic carbocycles. The molecule has 1 amide bonds. The number of pyridine rings is 1. The van der Waals surface area contributed by atoms with Crippen molar-refractivity contribution in [2.45, 2.75) is 19.0 Å². The summed E-state index contributed by atoms with van der Waals surface area (Å²) in [5.74, 6) is 0.673. The van der Waals surface area contributed by atoms with Crippen LogP contribution in [0.3, 0.4) is 0 Å². The van der Waals surface area contributed by atoms with Crippen molar-refractivity contribution < 1.29 is 4.79 Å². The third-order valence-corrected chi connectivity index (χ3v) is 5.66. The lowest BCUT2D eigenvalue weighted by Gasteiger charge is -2.19. The molecule has 0 saturated heterocycles. The number of carbonyl (C=O) groups excluding carboxylic acids is 1. The van der Waals surface area contributed by atoms with E-state index in [1.807, 2.05) is 70.6 Å². The van der Waals surface area contributed by atoms with Crippen LogP contribution in [0, 0.1) is 4.77 Å². The van der Waals surface area contributed by atoms with Crippen LogP contribution in [0.4, 0.5) is 0 Å². The molecule has 0 aliphatic carbocycles. The summed E-state index contributed by atoms with van der Waals surface area (Å²) in [5.41, 5.74) is 1.78. The molecule has 2 N–H and O–H groups in total. The summed E-state index contributed by atoms with van der Waals surface area (Å²) in [6, 6.07) is 19.2. The highest BCUT2D eigenvalue weighted by atomic mass is 32.1. The fourth-order valence-corrected chi connectivity index (χ4v) is 4.03. The maximum Gasteiger partial charge on any atom is 0.222 e. The van der Waals surface area contributed by atoms with Crippen LogP contribution >= 0.6 is 23.6 Å². The van der Waals surface area contributed by atoms with Gasteiger partial charge in [0.2, 0.25) is 5.91 Å². The van der Waals surface area contributed by atoms with Crippen molar-refractivity contribution in [2.24, 2.45) is 0 Å². The molecule has 0 aliphatic heterocycles. The fraction of sp³-hybridized carbons (Fsp3) is 0.143. The molecular weight excluding hydrogens is 402 g/mol. The quantitative estimate of drug-likeness (QED) is 0.435. The largest absolute Gasteiger partial charge is 0.344 e. The number of rotatable bonds is 7. The summed E-state index contributed by atoms with van der Waals surface area (Å²) in [5, 5.41) is 12.2. The van der Waals surface area contributed by atoms with E-state index in [4.69, 9.17) is 12.2 Å². The second-order valence-corrected chi connectivity index (χ2v) is 7.73. The zero-order valence-electron chi connectivity index (χ0n) is 15.5. The highest BCUT2D eigenvalue weighted by Crippen LogP contribution is 2.23. The predicted octanol–water partition coefficient (Wildman–Crippen LogP) is 4.36. The number of nitrogens with zero attached hydrogens (tertiary/aromatic N) is 3. The monoisotopic (exact) mass is 421 g/mol. The summed E-state index contributed by atoms with van der Waals surface area (Å²) in [4.78, 5) is 18.2. The van der Waals surface area contributed by atoms with Crippen molar-refractivity contribution >= 4 is 29.5 Å². The number of amides is 1. The normalized spacial score (nSPS) is 11.9. The van der Waals surface area contributed by atoms with Gasteiger partial charge in [-0.15, -0.1) is 11.3 Å². The fourth-order valence-electron chi connectivity index (χ4n) is 3.09. The first-order valence-electron chi connectivity index (χ1n) is 9.16. The topological polar surface area (TPSA) is 75.6 Å². The summed E-state index contributed by atoms with van der Waals surface area (Å²) in [6.45, 7) is 0.443. The van der Waals surface area contributed by atoms with Crippen LogP contribution in [0.25, 0.3) is 10.7 Å². The lowest BCUT2D eigenvalue weighted by atomic mass is 10.0. The van der Waals surface area contributed by atoms with Crippen LogP contribution in [0.2, 0.25) is 0 Å². The lowest BCUT2D eigenvalue weighted by Crippen LogP contribution is -2.30. The first-order chi connectivity index (χ1) is 14.2. The molecule has 0 fully saturated rings. The van der Waals surface area contributed by atoms with E-state index < -0.39 is 0 Å². The molecule has 29 heavy (non-hydrogen) atoms. The van der Waals surface area contributed by atoms with Crippen LogP contribution in [0.15, 0.2) is 72.2 Å². The van der Waals surface area contributed by atoms with Gasteiger partial charge >= 0.3 is 0 Å². The summed E-state index contributed by atoms with van der Waals surface area (Å²) in [7, 11) is 0. The van der Waals surface area contributed by atoms with E-state index in [1.165, 1.54) is 0 Å². The molecule has 3 heterocycles. The number of hydrogen-bond acceptors (Lipinski definition) is 5. The van der Waals surface area contributed by atoms with E-state index in [9.17, 15) is 4.79 Å². The SMILES string of the molecule is O=C(CCn1c(-c2cccs2)n[nH]c1=S)NC(c1ccccc1)c1ccccn1. The Hall–Kier alpha value is -3.10. The van der Waals surface area contributed by atoms with Crippen molar-refractivity contribution in [2.75, 3.05) is 0 Å². The van der Waals surface area contributed by atoms with Gasteiger partial charge in [0.25, 0.3) is 0 Å². The van der Waals surface area contributed by atoms with E-state index in [1.54, 1.807) is 17.5 Å². The van der Waals surface area contributed by atoms with Gasteiger partial charge in [0.1, 0.15) is 0 Å². The number of thiophene rings is 1. The molecule has 8 heteroatoms. The Morgan fingerprint density at radius 1 is 1.14 bits per heavy atom. The van der Waals surface area contributed by atoms with E-state index in [0.717, 1.165) is 22.0 Å². The third-order valence-electron chi connectivity index (χ3n) is 4.48. The predicted molar refractivity (Wildman–Crippen MR) is 116 cm³/mol. The van der Waals surface area contributed by atoms with Gasteiger partial charge in [-0.25, -0.2) is 0 Å². The second kappa shape index (κ2) is 8.93. The molecule has 4 rings (SSSR count). The summed E-state index contributed by atoms with van der Waals surface area (Å²) in [6.07, 6.45) is 2.01. The minimum atomic E-state index is -0.306. The van der Waals surface area contributed by atoms with Crippen molar-refractivity contribution in [3.05, 3.63) is 88.3 Å². The first kappa shape index (κ1) is 19.2. The molecule has 0 saturated carbocycles. The lowest BCUT2D eigenvalue weighted by molar-refractivity contribution is -0.121. The van der Waals surface area contributed by atoms with Crippen molar-refractivity contribution in [3.63, 3.8) is 0 Å². The minimum absolute atomic E-state index is 0.0789. The van der Waals surface area contributed by atoms with Crippen molar-refractivity contribution in [1.29, 1.82) is 0 Å². The molecule has 0 spiro atoms. The minimum Gasteiger partial charge on any atom is -0.344 e. The van der Waals surface area contributed by atoms with Crippen LogP contribution in [0.1, 0.15) is 23.7 Å². The van der Waals surface area contributed by atoms with Gasteiger partial charge in [0, 0.05) is 19.2 Å². The van der Waals surface area contributed by atoms with Crippen molar-refractivity contribution in [1.82, 2.24) is 25.1 Å². The average Bonchev–Trinajstić information content (AvgIpc) is 3.41. The highest BCUT2D eigenvalue weighted by Gasteiger charge is 2.18. The Morgan fingerprint density at radius 3 is 2.69 bits per heavy atom. The summed E-state index contributed by atoms with van der Waals surface area (Å²) >= 11 is 6.93. The van der Waals surface area contributed by atoms with Gasteiger partial charge in [0.15, 0.2) is 10.6 Å². The zero-order valence-corrected chi connectivity index (χ0v) is 17.1. The number of aromatic amines is 1. The van der Waals surface area contributed by atoms with Crippen LogP contribution in [0.5, 0.6) is 0 Å². The molecule has 0 aliphatic rings. The van der Waals surface area contributed by atoms with Crippen LogP contribution in [-0.2, 0) is 11.3 Å². The Balaban J connectivity index is 1.50. The van der Waals surface area contributed by atoms with Gasteiger partial charge in [-0.2, -0.15) is 5.10 Å². The van der Waals surface area contributed by atoms with Gasteiger partial charge in [-0.3, -0.25) is 19.4 Å². The van der Waals surface area contributed by atoms with Gasteiger partial charge < -0.3 is 5.32 Å². The third kappa shape index (κ3) is 4.49. The molecule has 1 unspecified atom stereocenters. The molecule has 0 bridgehead atoms. The number of hydrogen-bond donors (Lipinski definition) is 2.